The molecule has 3 rings (SSSR count). The van der Waals surface area contributed by atoms with E-state index in [4.69, 9.17) is 0 Å². The van der Waals surface area contributed by atoms with Crippen LogP contribution in [0.5, 0.6) is 0 Å². The fraction of sp³-hybridized carbons (Fsp3) is 0.111. The third-order valence-corrected chi connectivity index (χ3v) is 3.64. The van der Waals surface area contributed by atoms with Gasteiger partial charge in [0.1, 0.15) is 5.82 Å². The smallest absolute Gasteiger partial charge is 0.320 e. The van der Waals surface area contributed by atoms with Crippen molar-refractivity contribution in [3.05, 3.63) is 71.2 Å². The van der Waals surface area contributed by atoms with Crippen molar-refractivity contribution >= 4 is 22.5 Å². The third-order valence-electron chi connectivity index (χ3n) is 3.64. The van der Waals surface area contributed by atoms with Crippen LogP contribution in [0.4, 0.5) is 23.2 Å². The first-order chi connectivity index (χ1) is 11.8. The summed E-state index contributed by atoms with van der Waals surface area (Å²) in [6, 6.07) is 10.9. The van der Waals surface area contributed by atoms with Gasteiger partial charge in [-0.15, -0.1) is 0 Å². The summed E-state index contributed by atoms with van der Waals surface area (Å²) in [5, 5.41) is 3.31. The summed E-state index contributed by atoms with van der Waals surface area (Å²) < 4.78 is 51.7. The molecule has 0 aliphatic rings. The quantitative estimate of drug-likeness (QED) is 0.666. The number of aromatic nitrogens is 1. The van der Waals surface area contributed by atoms with Gasteiger partial charge in [-0.1, -0.05) is 18.2 Å². The second kappa shape index (κ2) is 6.16. The van der Waals surface area contributed by atoms with Crippen LogP contribution in [0.2, 0.25) is 0 Å². The number of aryl methyl sites for hydroxylation is 1. The van der Waals surface area contributed by atoms with Crippen molar-refractivity contribution in [2.24, 2.45) is 0 Å². The lowest BCUT2D eigenvalue weighted by molar-refractivity contribution is -0.140. The topological polar surface area (TPSA) is 42.0 Å². The van der Waals surface area contributed by atoms with Crippen LogP contribution < -0.4 is 5.32 Å². The minimum Gasteiger partial charge on any atom is -0.320 e. The van der Waals surface area contributed by atoms with Gasteiger partial charge in [0, 0.05) is 16.6 Å². The Morgan fingerprint density at radius 1 is 1.08 bits per heavy atom. The van der Waals surface area contributed by atoms with E-state index in [2.05, 4.69) is 10.3 Å². The Morgan fingerprint density at radius 3 is 2.56 bits per heavy atom. The Kier molecular flexibility index (Phi) is 4.16. The van der Waals surface area contributed by atoms with Crippen molar-refractivity contribution in [2.75, 3.05) is 5.32 Å². The van der Waals surface area contributed by atoms with Gasteiger partial charge in [-0.2, -0.15) is 13.2 Å². The molecule has 0 spiro atoms. The largest absolute Gasteiger partial charge is 0.419 e. The molecule has 0 radical (unpaired) electrons. The van der Waals surface area contributed by atoms with E-state index in [0.717, 1.165) is 17.1 Å². The number of amides is 1. The summed E-state index contributed by atoms with van der Waals surface area (Å²) in [7, 11) is 0. The standard InChI is InChI=1S/C18H12F4N2O/c1-10-5-6-11-3-2-4-15(16(11)23-10)24-17(25)12-7-8-14(19)13(9-12)18(20,21)22/h2-9H,1H3,(H,24,25). The number of nitrogens with one attached hydrogen (secondary N) is 1. The molecule has 1 amide bonds. The molecular formula is C18H12F4N2O. The van der Waals surface area contributed by atoms with E-state index in [1.54, 1.807) is 25.1 Å². The number of hydrogen-bond acceptors (Lipinski definition) is 2. The Labute approximate surface area is 140 Å². The number of anilines is 1. The highest BCUT2D eigenvalue weighted by atomic mass is 19.4. The Balaban J connectivity index is 1.97. The minimum absolute atomic E-state index is 0.293. The zero-order valence-electron chi connectivity index (χ0n) is 13.0. The predicted molar refractivity (Wildman–Crippen MR) is 85.8 cm³/mol. The molecule has 1 aromatic heterocycles. The lowest BCUT2D eigenvalue weighted by Crippen LogP contribution is -2.15. The molecule has 3 nitrogen and oxygen atoms in total. The Hall–Kier alpha value is -2.96. The van der Waals surface area contributed by atoms with Crippen LogP contribution in [-0.4, -0.2) is 10.9 Å². The normalized spacial score (nSPS) is 11.6. The molecule has 1 N–H and O–H groups in total. The van der Waals surface area contributed by atoms with E-state index in [9.17, 15) is 22.4 Å². The lowest BCUT2D eigenvalue weighted by Gasteiger charge is -2.11. The molecule has 25 heavy (non-hydrogen) atoms. The van der Waals surface area contributed by atoms with Crippen LogP contribution in [0, 0.1) is 12.7 Å². The summed E-state index contributed by atoms with van der Waals surface area (Å²) in [5.74, 6) is -2.20. The first-order valence-corrected chi connectivity index (χ1v) is 7.30. The van der Waals surface area contributed by atoms with Crippen LogP contribution in [0.3, 0.4) is 0 Å². The van der Waals surface area contributed by atoms with E-state index in [-0.39, 0.29) is 5.56 Å². The number of hydrogen-bond donors (Lipinski definition) is 1. The second-order valence-electron chi connectivity index (χ2n) is 5.48. The molecular weight excluding hydrogens is 336 g/mol. The second-order valence-corrected chi connectivity index (χ2v) is 5.48. The van der Waals surface area contributed by atoms with Gasteiger partial charge < -0.3 is 5.32 Å². The van der Waals surface area contributed by atoms with Gasteiger partial charge in [0.05, 0.1) is 16.8 Å². The van der Waals surface area contributed by atoms with Crippen molar-refractivity contribution in [2.45, 2.75) is 13.1 Å². The molecule has 0 atom stereocenters. The highest BCUT2D eigenvalue weighted by Gasteiger charge is 2.34. The number of para-hydroxylation sites is 1. The van der Waals surface area contributed by atoms with Crippen LogP contribution in [0.25, 0.3) is 10.9 Å². The molecule has 0 bridgehead atoms. The zero-order chi connectivity index (χ0) is 18.2. The summed E-state index contributed by atoms with van der Waals surface area (Å²) in [6.45, 7) is 1.79. The van der Waals surface area contributed by atoms with Gasteiger partial charge >= 0.3 is 6.18 Å². The summed E-state index contributed by atoms with van der Waals surface area (Å²) in [4.78, 5) is 16.6. The van der Waals surface area contributed by atoms with Crippen molar-refractivity contribution in [3.8, 4) is 0 Å². The SMILES string of the molecule is Cc1ccc2cccc(NC(=O)c3ccc(F)c(C(F)(F)F)c3)c2n1. The minimum atomic E-state index is -4.88. The van der Waals surface area contributed by atoms with Gasteiger partial charge in [-0.25, -0.2) is 4.39 Å². The summed E-state index contributed by atoms with van der Waals surface area (Å²) >= 11 is 0. The summed E-state index contributed by atoms with van der Waals surface area (Å²) in [5.41, 5.74) is -0.154. The average Bonchev–Trinajstić information content (AvgIpc) is 2.54. The molecule has 128 valence electrons. The number of rotatable bonds is 2. The van der Waals surface area contributed by atoms with E-state index in [1.807, 2.05) is 12.1 Å². The maximum Gasteiger partial charge on any atom is 0.419 e. The Morgan fingerprint density at radius 2 is 1.84 bits per heavy atom. The molecule has 0 unspecified atom stereocenters. The number of alkyl halides is 3. The molecule has 0 saturated carbocycles. The number of pyridine rings is 1. The van der Waals surface area contributed by atoms with Crippen molar-refractivity contribution < 1.29 is 22.4 Å². The number of carbonyl (C=O) groups is 1. The van der Waals surface area contributed by atoms with Crippen molar-refractivity contribution in [3.63, 3.8) is 0 Å². The zero-order valence-corrected chi connectivity index (χ0v) is 13.0. The first-order valence-electron chi connectivity index (χ1n) is 7.30. The van der Waals surface area contributed by atoms with Gasteiger partial charge in [-0.05, 0) is 37.3 Å². The molecule has 0 saturated heterocycles. The third kappa shape index (κ3) is 3.45. The van der Waals surface area contributed by atoms with Crippen LogP contribution in [0.1, 0.15) is 21.6 Å². The fourth-order valence-corrected chi connectivity index (χ4v) is 2.42. The highest BCUT2D eigenvalue weighted by Crippen LogP contribution is 2.32. The molecule has 1 heterocycles. The summed E-state index contributed by atoms with van der Waals surface area (Å²) in [6.07, 6.45) is -4.88. The van der Waals surface area contributed by atoms with Crippen molar-refractivity contribution in [1.82, 2.24) is 4.98 Å². The number of benzene rings is 2. The van der Waals surface area contributed by atoms with Gasteiger partial charge in [-0.3, -0.25) is 9.78 Å². The van der Waals surface area contributed by atoms with E-state index in [0.29, 0.717) is 23.3 Å². The van der Waals surface area contributed by atoms with Crippen LogP contribution >= 0.6 is 0 Å². The maximum absolute atomic E-state index is 13.3. The predicted octanol–water partition coefficient (Wildman–Crippen LogP) is 4.95. The van der Waals surface area contributed by atoms with Crippen molar-refractivity contribution in [1.29, 1.82) is 0 Å². The molecule has 7 heteroatoms. The lowest BCUT2D eigenvalue weighted by atomic mass is 10.1. The molecule has 3 aromatic rings. The Bertz CT molecular complexity index is 967. The number of carbonyl (C=O) groups excluding carboxylic acids is 1. The highest BCUT2D eigenvalue weighted by molar-refractivity contribution is 6.08. The van der Waals surface area contributed by atoms with E-state index >= 15 is 0 Å². The first kappa shape index (κ1) is 16.9. The van der Waals surface area contributed by atoms with E-state index < -0.39 is 23.5 Å². The fourth-order valence-electron chi connectivity index (χ4n) is 2.42. The average molecular weight is 348 g/mol. The van der Waals surface area contributed by atoms with Gasteiger partial charge in [0.15, 0.2) is 0 Å². The monoisotopic (exact) mass is 348 g/mol. The molecule has 0 fully saturated rings. The van der Waals surface area contributed by atoms with Crippen LogP contribution in [0.15, 0.2) is 48.5 Å². The molecule has 2 aromatic carbocycles. The van der Waals surface area contributed by atoms with Gasteiger partial charge in [0.2, 0.25) is 0 Å². The van der Waals surface area contributed by atoms with E-state index in [1.165, 1.54) is 0 Å². The van der Waals surface area contributed by atoms with Gasteiger partial charge in [0.25, 0.3) is 5.91 Å². The maximum atomic E-state index is 13.3. The number of fused-ring (bicyclic) bond motifs is 1. The molecule has 0 aliphatic carbocycles. The number of halogens is 4. The number of nitrogens with zero attached hydrogens (tertiary/aromatic N) is 1. The molecule has 0 aliphatic heterocycles. The van der Waals surface area contributed by atoms with Crippen LogP contribution in [-0.2, 0) is 6.18 Å².